The van der Waals surface area contributed by atoms with E-state index in [1.54, 1.807) is 29.2 Å². The van der Waals surface area contributed by atoms with Crippen LogP contribution in [0.15, 0.2) is 30.3 Å². The van der Waals surface area contributed by atoms with E-state index in [9.17, 15) is 4.79 Å². The third-order valence-corrected chi connectivity index (χ3v) is 3.41. The van der Waals surface area contributed by atoms with Crippen molar-refractivity contribution in [2.75, 3.05) is 13.2 Å². The number of aliphatic hydroxyl groups excluding tert-OH is 1. The highest BCUT2D eigenvalue weighted by molar-refractivity contribution is 6.30. The van der Waals surface area contributed by atoms with Crippen molar-refractivity contribution in [2.24, 2.45) is 0 Å². The molecule has 1 aromatic carbocycles. The van der Waals surface area contributed by atoms with Crippen molar-refractivity contribution in [3.8, 4) is 0 Å². The van der Waals surface area contributed by atoms with E-state index in [2.05, 4.69) is 0 Å². The number of likely N-dealkylation sites (tertiary alicyclic amines) is 1. The Morgan fingerprint density at radius 1 is 1.44 bits per heavy atom. The van der Waals surface area contributed by atoms with Crippen molar-refractivity contribution in [3.05, 3.63) is 40.9 Å². The molecule has 2 rings (SSSR count). The molecule has 1 aromatic rings. The molecule has 4 heteroatoms. The summed E-state index contributed by atoms with van der Waals surface area (Å²) < 4.78 is 0. The molecule has 1 unspecified atom stereocenters. The number of rotatable bonds is 3. The van der Waals surface area contributed by atoms with Crippen LogP contribution in [0.4, 0.5) is 0 Å². The zero-order valence-corrected chi connectivity index (χ0v) is 10.8. The van der Waals surface area contributed by atoms with Gasteiger partial charge in [-0.1, -0.05) is 23.7 Å². The van der Waals surface area contributed by atoms with E-state index in [0.717, 1.165) is 24.9 Å². The van der Waals surface area contributed by atoms with Gasteiger partial charge >= 0.3 is 0 Å². The molecule has 18 heavy (non-hydrogen) atoms. The van der Waals surface area contributed by atoms with Gasteiger partial charge in [-0.05, 0) is 36.6 Å². The average Bonchev–Trinajstić information content (AvgIpc) is 2.86. The van der Waals surface area contributed by atoms with Gasteiger partial charge in [0.25, 0.3) is 0 Å². The molecule has 0 saturated carbocycles. The SMILES string of the molecule is O=C(/C=C/c1ccc(Cl)cc1)N1CCCC1CO. The van der Waals surface area contributed by atoms with Gasteiger partial charge in [-0.3, -0.25) is 4.79 Å². The van der Waals surface area contributed by atoms with E-state index in [1.165, 1.54) is 0 Å². The zero-order chi connectivity index (χ0) is 13.0. The second-order valence-corrected chi connectivity index (χ2v) is 4.83. The number of aliphatic hydroxyl groups is 1. The number of hydrogen-bond donors (Lipinski definition) is 1. The first-order chi connectivity index (χ1) is 8.70. The molecule has 1 heterocycles. The molecule has 1 aliphatic heterocycles. The molecule has 1 fully saturated rings. The highest BCUT2D eigenvalue weighted by Gasteiger charge is 2.26. The van der Waals surface area contributed by atoms with Crippen LogP contribution < -0.4 is 0 Å². The van der Waals surface area contributed by atoms with E-state index in [4.69, 9.17) is 16.7 Å². The fraction of sp³-hybridized carbons (Fsp3) is 0.357. The Morgan fingerprint density at radius 3 is 2.83 bits per heavy atom. The van der Waals surface area contributed by atoms with Crippen molar-refractivity contribution in [1.82, 2.24) is 4.90 Å². The second kappa shape index (κ2) is 6.03. The molecule has 1 amide bonds. The van der Waals surface area contributed by atoms with Crippen LogP contribution in [0.5, 0.6) is 0 Å². The molecule has 0 aliphatic carbocycles. The number of amides is 1. The summed E-state index contributed by atoms with van der Waals surface area (Å²) in [6, 6.07) is 7.28. The van der Waals surface area contributed by atoms with Crippen molar-refractivity contribution in [1.29, 1.82) is 0 Å². The van der Waals surface area contributed by atoms with Gasteiger partial charge < -0.3 is 10.0 Å². The number of benzene rings is 1. The first-order valence-corrected chi connectivity index (χ1v) is 6.43. The van der Waals surface area contributed by atoms with Gasteiger partial charge in [0.05, 0.1) is 12.6 Å². The summed E-state index contributed by atoms with van der Waals surface area (Å²) in [5.41, 5.74) is 0.937. The van der Waals surface area contributed by atoms with Crippen molar-refractivity contribution in [2.45, 2.75) is 18.9 Å². The van der Waals surface area contributed by atoms with Crippen molar-refractivity contribution >= 4 is 23.6 Å². The fourth-order valence-electron chi connectivity index (χ4n) is 2.15. The van der Waals surface area contributed by atoms with E-state index >= 15 is 0 Å². The van der Waals surface area contributed by atoms with Gasteiger partial charge in [0.1, 0.15) is 0 Å². The first-order valence-electron chi connectivity index (χ1n) is 6.06. The smallest absolute Gasteiger partial charge is 0.246 e. The molecule has 96 valence electrons. The molecule has 1 N–H and O–H groups in total. The van der Waals surface area contributed by atoms with Gasteiger partial charge in [0.15, 0.2) is 0 Å². The molecule has 0 radical (unpaired) electrons. The van der Waals surface area contributed by atoms with Crippen LogP contribution in [-0.4, -0.2) is 35.1 Å². The lowest BCUT2D eigenvalue weighted by Gasteiger charge is -2.21. The van der Waals surface area contributed by atoms with Crippen LogP contribution in [0.2, 0.25) is 5.02 Å². The lowest BCUT2D eigenvalue weighted by molar-refractivity contribution is -0.127. The molecule has 0 aromatic heterocycles. The maximum Gasteiger partial charge on any atom is 0.246 e. The number of carbonyl (C=O) groups excluding carboxylic acids is 1. The van der Waals surface area contributed by atoms with E-state index in [0.29, 0.717) is 5.02 Å². The molecular formula is C14H16ClNO2. The molecule has 0 spiro atoms. The van der Waals surface area contributed by atoms with E-state index < -0.39 is 0 Å². The van der Waals surface area contributed by atoms with Crippen LogP contribution in [0, 0.1) is 0 Å². The Labute approximate surface area is 112 Å². The molecule has 1 atom stereocenters. The largest absolute Gasteiger partial charge is 0.394 e. The van der Waals surface area contributed by atoms with Crippen LogP contribution in [0.25, 0.3) is 6.08 Å². The van der Waals surface area contributed by atoms with Crippen LogP contribution in [-0.2, 0) is 4.79 Å². The highest BCUT2D eigenvalue weighted by atomic mass is 35.5. The number of nitrogens with zero attached hydrogens (tertiary/aromatic N) is 1. The Morgan fingerprint density at radius 2 is 2.17 bits per heavy atom. The van der Waals surface area contributed by atoms with Crippen molar-refractivity contribution in [3.63, 3.8) is 0 Å². The summed E-state index contributed by atoms with van der Waals surface area (Å²) in [7, 11) is 0. The molecule has 1 aliphatic rings. The van der Waals surface area contributed by atoms with Gasteiger partial charge in [-0.25, -0.2) is 0 Å². The van der Waals surface area contributed by atoms with Crippen LogP contribution in [0.1, 0.15) is 18.4 Å². The Hall–Kier alpha value is -1.32. The summed E-state index contributed by atoms with van der Waals surface area (Å²) in [6.45, 7) is 0.773. The zero-order valence-electron chi connectivity index (χ0n) is 10.1. The van der Waals surface area contributed by atoms with Gasteiger partial charge in [-0.2, -0.15) is 0 Å². The second-order valence-electron chi connectivity index (χ2n) is 4.40. The Bertz CT molecular complexity index is 442. The van der Waals surface area contributed by atoms with Gasteiger partial charge in [0, 0.05) is 17.6 Å². The maximum absolute atomic E-state index is 12.0. The summed E-state index contributed by atoms with van der Waals surface area (Å²) in [5, 5.41) is 9.85. The monoisotopic (exact) mass is 265 g/mol. The minimum atomic E-state index is -0.0403. The van der Waals surface area contributed by atoms with Gasteiger partial charge in [-0.15, -0.1) is 0 Å². The summed E-state index contributed by atoms with van der Waals surface area (Å²) in [5.74, 6) is -0.0403. The normalized spacial score (nSPS) is 19.7. The van der Waals surface area contributed by atoms with Crippen molar-refractivity contribution < 1.29 is 9.90 Å². The average molecular weight is 266 g/mol. The van der Waals surface area contributed by atoms with Crippen LogP contribution in [0.3, 0.4) is 0 Å². The molecule has 0 bridgehead atoms. The van der Waals surface area contributed by atoms with Crippen LogP contribution >= 0.6 is 11.6 Å². The third kappa shape index (κ3) is 3.12. The van der Waals surface area contributed by atoms with Gasteiger partial charge in [0.2, 0.25) is 5.91 Å². The first kappa shape index (κ1) is 13.1. The number of carbonyl (C=O) groups is 1. The minimum Gasteiger partial charge on any atom is -0.394 e. The molecule has 1 saturated heterocycles. The molecule has 3 nitrogen and oxygen atoms in total. The minimum absolute atomic E-state index is 0.0210. The Kier molecular flexibility index (Phi) is 4.39. The fourth-order valence-corrected chi connectivity index (χ4v) is 2.28. The topological polar surface area (TPSA) is 40.5 Å². The molecular weight excluding hydrogens is 250 g/mol. The predicted molar refractivity (Wildman–Crippen MR) is 72.3 cm³/mol. The predicted octanol–water partition coefficient (Wildman–Crippen LogP) is 2.34. The number of hydrogen-bond acceptors (Lipinski definition) is 2. The van der Waals surface area contributed by atoms with E-state index in [1.807, 2.05) is 12.1 Å². The lowest BCUT2D eigenvalue weighted by Crippen LogP contribution is -2.36. The summed E-state index contributed by atoms with van der Waals surface area (Å²) in [4.78, 5) is 13.7. The quantitative estimate of drug-likeness (QED) is 0.853. The summed E-state index contributed by atoms with van der Waals surface area (Å²) >= 11 is 5.79. The Balaban J connectivity index is 2.00. The maximum atomic E-state index is 12.0. The lowest BCUT2D eigenvalue weighted by atomic mass is 10.2. The van der Waals surface area contributed by atoms with E-state index in [-0.39, 0.29) is 18.6 Å². The standard InChI is InChI=1S/C14H16ClNO2/c15-12-6-3-11(4-7-12)5-8-14(18)16-9-1-2-13(16)10-17/h3-8,13,17H,1-2,9-10H2/b8-5+. The number of halogens is 1. The third-order valence-electron chi connectivity index (χ3n) is 3.16. The highest BCUT2D eigenvalue weighted by Crippen LogP contribution is 2.17. The summed E-state index contributed by atoms with van der Waals surface area (Å²) in [6.07, 6.45) is 5.17.